The molecule has 2 aromatic heterocycles. The second-order valence-corrected chi connectivity index (χ2v) is 17.5. The van der Waals surface area contributed by atoms with Gasteiger partial charge in [0.2, 0.25) is 11.8 Å². The quantitative estimate of drug-likeness (QED) is 0.0803. The third kappa shape index (κ3) is 9.77. The zero-order valence-electron chi connectivity index (χ0n) is 35.1. The number of carbonyl (C=O) groups excluding carboxylic acids is 3. The molecule has 4 aromatic rings. The molecule has 0 bridgehead atoms. The smallest absolute Gasteiger partial charge is 0.261 e. The Balaban J connectivity index is 0.996. The van der Waals surface area contributed by atoms with Gasteiger partial charge in [0, 0.05) is 102 Å². The first-order valence-corrected chi connectivity index (χ1v) is 22.0. The number of halogens is 2. The summed E-state index contributed by atoms with van der Waals surface area (Å²) in [5, 5.41) is 15.2. The van der Waals surface area contributed by atoms with Gasteiger partial charge in [-0.2, -0.15) is 0 Å². The van der Waals surface area contributed by atoms with E-state index in [4.69, 9.17) is 4.98 Å². The van der Waals surface area contributed by atoms with Crippen LogP contribution in [0, 0.1) is 5.92 Å². The molecule has 1 saturated heterocycles. The second kappa shape index (κ2) is 18.6. The van der Waals surface area contributed by atoms with Crippen LogP contribution in [0.25, 0.3) is 0 Å². The van der Waals surface area contributed by atoms with Crippen molar-refractivity contribution in [1.29, 1.82) is 0 Å². The minimum atomic E-state index is -2.75. The number of amides is 3. The van der Waals surface area contributed by atoms with Gasteiger partial charge in [-0.1, -0.05) is 48.5 Å². The van der Waals surface area contributed by atoms with E-state index in [1.807, 2.05) is 50.0 Å². The third-order valence-corrected chi connectivity index (χ3v) is 13.4. The van der Waals surface area contributed by atoms with Crippen molar-refractivity contribution in [2.24, 2.45) is 13.0 Å². The SMILES string of the molecule is Cn1cncc1CN1CCN(CC[C@@](O)(NC(=O)C2CCC(F)(F)CC2)c2ccccc2)C[C@@H]1CN(CCCCN1C(=O)c2ccccc2C1=O)[C@H]1CCCc2cccnc21. The molecule has 0 unspecified atom stereocenters. The van der Waals surface area contributed by atoms with Gasteiger partial charge in [0.25, 0.3) is 11.8 Å². The lowest BCUT2D eigenvalue weighted by atomic mass is 9.85. The van der Waals surface area contributed by atoms with Crippen molar-refractivity contribution in [3.8, 4) is 0 Å². The van der Waals surface area contributed by atoms with E-state index >= 15 is 0 Å². The molecule has 3 atom stereocenters. The van der Waals surface area contributed by atoms with Crippen LogP contribution < -0.4 is 5.32 Å². The summed E-state index contributed by atoms with van der Waals surface area (Å²) >= 11 is 0. The fraction of sp³-hybridized carbons (Fsp3) is 0.511. The van der Waals surface area contributed by atoms with E-state index in [0.717, 1.165) is 63.3 Å². The first kappa shape index (κ1) is 42.8. The standard InChI is InChI=1S/C47H58F2N8O4/c1-53-33-50-29-37(53)31-55-28-27-54(26-22-47(61,36-13-3-2-4-14-36)52-43(58)35-18-20-46(48,49)21-19-35)30-38(55)32-56(41-17-9-11-34-12-10-23-51-42(34)41)24-7-8-25-57-44(59)39-15-5-6-16-40(39)45(57)60/h2-6,10,12-16,23,29,33,35,38,41,61H,7-9,11,17-22,24-28,30-32H2,1H3,(H,52,58)/t38-,41+,47+/m1/s1. The molecule has 2 aromatic carbocycles. The van der Waals surface area contributed by atoms with Crippen LogP contribution in [0.15, 0.2) is 85.5 Å². The van der Waals surface area contributed by atoms with Crippen LogP contribution >= 0.6 is 0 Å². The summed E-state index contributed by atoms with van der Waals surface area (Å²) in [6, 6.07) is 20.5. The summed E-state index contributed by atoms with van der Waals surface area (Å²) in [6.45, 7) is 5.31. The molecular weight excluding hydrogens is 779 g/mol. The number of benzene rings is 2. The van der Waals surface area contributed by atoms with Gasteiger partial charge in [0.15, 0.2) is 5.72 Å². The maximum atomic E-state index is 14.0. The molecule has 0 spiro atoms. The highest BCUT2D eigenvalue weighted by Crippen LogP contribution is 2.38. The van der Waals surface area contributed by atoms with Crippen molar-refractivity contribution in [1.82, 2.24) is 39.5 Å². The molecule has 324 valence electrons. The molecule has 2 fully saturated rings. The Bertz CT molecular complexity index is 2120. The van der Waals surface area contributed by atoms with Crippen molar-refractivity contribution in [2.75, 3.05) is 45.8 Å². The first-order valence-electron chi connectivity index (χ1n) is 22.0. The molecule has 0 radical (unpaired) electrons. The normalized spacial score (nSPS) is 22.0. The van der Waals surface area contributed by atoms with Gasteiger partial charge in [0.05, 0.1) is 34.9 Å². The van der Waals surface area contributed by atoms with E-state index in [1.54, 1.807) is 36.4 Å². The van der Waals surface area contributed by atoms with Crippen LogP contribution in [0.5, 0.6) is 0 Å². The summed E-state index contributed by atoms with van der Waals surface area (Å²) in [6.07, 6.45) is 9.84. The van der Waals surface area contributed by atoms with Crippen LogP contribution in [0.3, 0.4) is 0 Å². The number of hydrogen-bond donors (Lipinski definition) is 2. The Labute approximate surface area is 356 Å². The van der Waals surface area contributed by atoms with Crippen LogP contribution in [-0.2, 0) is 30.5 Å². The number of pyridine rings is 1. The molecule has 4 aliphatic rings. The zero-order chi connectivity index (χ0) is 42.6. The molecule has 2 N–H and O–H groups in total. The number of fused-ring (bicyclic) bond motifs is 2. The van der Waals surface area contributed by atoms with Crippen LogP contribution in [0.1, 0.15) is 107 Å². The van der Waals surface area contributed by atoms with Crippen molar-refractivity contribution in [3.63, 3.8) is 0 Å². The summed E-state index contributed by atoms with van der Waals surface area (Å²) in [7, 11) is 2.01. The average molecular weight is 837 g/mol. The number of rotatable bonds is 16. The van der Waals surface area contributed by atoms with Crippen molar-refractivity contribution < 1.29 is 28.3 Å². The fourth-order valence-electron chi connectivity index (χ4n) is 9.82. The zero-order valence-corrected chi connectivity index (χ0v) is 35.1. The molecule has 14 heteroatoms. The molecule has 2 aliphatic heterocycles. The number of carbonyl (C=O) groups is 3. The Morgan fingerprint density at radius 1 is 0.951 bits per heavy atom. The number of piperazine rings is 1. The fourth-order valence-corrected chi connectivity index (χ4v) is 9.82. The van der Waals surface area contributed by atoms with E-state index in [9.17, 15) is 28.3 Å². The van der Waals surface area contributed by atoms with Gasteiger partial charge in [-0.3, -0.25) is 34.1 Å². The second-order valence-electron chi connectivity index (χ2n) is 17.5. The third-order valence-electron chi connectivity index (χ3n) is 13.4. The maximum Gasteiger partial charge on any atom is 0.261 e. The molecule has 1 saturated carbocycles. The lowest BCUT2D eigenvalue weighted by Gasteiger charge is -2.46. The van der Waals surface area contributed by atoms with Gasteiger partial charge >= 0.3 is 0 Å². The Morgan fingerprint density at radius 3 is 2.41 bits per heavy atom. The molecule has 61 heavy (non-hydrogen) atoms. The molecule has 4 heterocycles. The summed E-state index contributed by atoms with van der Waals surface area (Å²) in [5.74, 6) is -4.17. The number of aliphatic hydroxyl groups is 1. The Kier molecular flexibility index (Phi) is 13.1. The van der Waals surface area contributed by atoms with E-state index < -0.39 is 17.6 Å². The van der Waals surface area contributed by atoms with E-state index in [2.05, 4.69) is 35.6 Å². The maximum absolute atomic E-state index is 14.0. The molecule has 8 rings (SSSR count). The van der Waals surface area contributed by atoms with Crippen molar-refractivity contribution in [3.05, 3.63) is 119 Å². The average Bonchev–Trinajstić information content (AvgIpc) is 3.79. The number of aryl methyl sites for hydroxylation is 2. The van der Waals surface area contributed by atoms with Crippen molar-refractivity contribution in [2.45, 2.75) is 94.5 Å². The van der Waals surface area contributed by atoms with Gasteiger partial charge in [0.1, 0.15) is 0 Å². The minimum absolute atomic E-state index is 0.0808. The lowest BCUT2D eigenvalue weighted by Crippen LogP contribution is -2.58. The summed E-state index contributed by atoms with van der Waals surface area (Å²) in [4.78, 5) is 58.0. The number of nitrogens with one attached hydrogen (secondary N) is 1. The van der Waals surface area contributed by atoms with E-state index in [-0.39, 0.29) is 61.9 Å². The number of unbranched alkanes of at least 4 members (excludes halogenated alkanes) is 1. The van der Waals surface area contributed by atoms with Gasteiger partial charge in [-0.25, -0.2) is 13.8 Å². The van der Waals surface area contributed by atoms with E-state index in [1.165, 1.54) is 10.5 Å². The molecule has 12 nitrogen and oxygen atoms in total. The minimum Gasteiger partial charge on any atom is -0.367 e. The number of aromatic nitrogens is 3. The van der Waals surface area contributed by atoms with Gasteiger partial charge in [-0.05, 0) is 75.3 Å². The van der Waals surface area contributed by atoms with Crippen LogP contribution in [0.2, 0.25) is 0 Å². The predicted molar refractivity (Wildman–Crippen MR) is 226 cm³/mol. The highest BCUT2D eigenvalue weighted by atomic mass is 19.3. The Hall–Kier alpha value is -4.89. The van der Waals surface area contributed by atoms with Gasteiger partial charge < -0.3 is 19.9 Å². The lowest BCUT2D eigenvalue weighted by molar-refractivity contribution is -0.138. The topological polar surface area (TPSA) is 127 Å². The number of hydrogen-bond acceptors (Lipinski definition) is 9. The monoisotopic (exact) mass is 836 g/mol. The Morgan fingerprint density at radius 2 is 1.69 bits per heavy atom. The molecular formula is C47H58F2N8O4. The summed E-state index contributed by atoms with van der Waals surface area (Å²) in [5.41, 5.74) is 3.32. The number of alkyl halides is 2. The number of imidazole rings is 1. The molecule has 3 amide bonds. The first-order chi connectivity index (χ1) is 29.5. The van der Waals surface area contributed by atoms with Crippen molar-refractivity contribution >= 4 is 17.7 Å². The van der Waals surface area contributed by atoms with E-state index in [0.29, 0.717) is 49.3 Å². The summed E-state index contributed by atoms with van der Waals surface area (Å²) < 4.78 is 30.0. The number of imide groups is 1. The largest absolute Gasteiger partial charge is 0.367 e. The van der Waals surface area contributed by atoms with Crippen LogP contribution in [0.4, 0.5) is 8.78 Å². The molecule has 2 aliphatic carbocycles. The predicted octanol–water partition coefficient (Wildman–Crippen LogP) is 5.93. The van der Waals surface area contributed by atoms with Gasteiger partial charge in [-0.15, -0.1) is 0 Å². The van der Waals surface area contributed by atoms with Crippen LogP contribution in [-0.4, -0.2) is 115 Å². The highest BCUT2D eigenvalue weighted by molar-refractivity contribution is 6.21. The number of nitrogens with zero attached hydrogens (tertiary/aromatic N) is 7. The highest BCUT2D eigenvalue weighted by Gasteiger charge is 2.41.